The smallest absolute Gasteiger partial charge is 0.337 e. The monoisotopic (exact) mass is 284 g/mol. The molecule has 0 heterocycles. The summed E-state index contributed by atoms with van der Waals surface area (Å²) in [4.78, 5) is 11.6. The molecule has 6 heteroatoms. The first kappa shape index (κ1) is 16.1. The van der Waals surface area contributed by atoms with E-state index in [9.17, 15) is 4.79 Å². The number of nitrogens with one attached hydrogen (secondary N) is 2. The highest BCUT2D eigenvalue weighted by Crippen LogP contribution is 2.24. The number of nitriles is 2. The number of carbonyl (C=O) groups excluding carboxylic acids is 1. The SMILES string of the molecule is COC(=O)c1ccc(NC(C)C)c(NC=C(C#N)C#N)c1. The van der Waals surface area contributed by atoms with E-state index in [-0.39, 0.29) is 11.6 Å². The number of ether oxygens (including phenoxy) is 1. The fourth-order valence-electron chi connectivity index (χ4n) is 1.58. The quantitative estimate of drug-likeness (QED) is 0.637. The number of hydrogen-bond donors (Lipinski definition) is 2. The van der Waals surface area contributed by atoms with Crippen LogP contribution in [0.2, 0.25) is 0 Å². The van der Waals surface area contributed by atoms with Crippen LogP contribution in [0.1, 0.15) is 24.2 Å². The molecule has 1 rings (SSSR count). The van der Waals surface area contributed by atoms with Crippen molar-refractivity contribution < 1.29 is 9.53 Å². The Morgan fingerprint density at radius 1 is 1.29 bits per heavy atom. The topological polar surface area (TPSA) is 97.9 Å². The number of anilines is 2. The molecule has 6 nitrogen and oxygen atoms in total. The van der Waals surface area contributed by atoms with Crippen molar-refractivity contribution in [3.8, 4) is 12.1 Å². The van der Waals surface area contributed by atoms with Gasteiger partial charge in [0.1, 0.15) is 17.7 Å². The van der Waals surface area contributed by atoms with Gasteiger partial charge in [-0.3, -0.25) is 0 Å². The van der Waals surface area contributed by atoms with Crippen LogP contribution in [-0.2, 0) is 4.74 Å². The van der Waals surface area contributed by atoms with Gasteiger partial charge in [-0.25, -0.2) is 4.79 Å². The number of benzene rings is 1. The van der Waals surface area contributed by atoms with E-state index >= 15 is 0 Å². The van der Waals surface area contributed by atoms with Crippen molar-refractivity contribution in [2.75, 3.05) is 17.7 Å². The first-order chi connectivity index (χ1) is 10.0. The molecule has 1 aromatic rings. The second-order valence-corrected chi connectivity index (χ2v) is 4.48. The summed E-state index contributed by atoms with van der Waals surface area (Å²) >= 11 is 0. The van der Waals surface area contributed by atoms with Gasteiger partial charge in [0.05, 0.1) is 24.0 Å². The molecule has 0 aliphatic rings. The van der Waals surface area contributed by atoms with Crippen molar-refractivity contribution in [1.82, 2.24) is 0 Å². The Morgan fingerprint density at radius 2 is 1.95 bits per heavy atom. The van der Waals surface area contributed by atoms with Crippen LogP contribution in [-0.4, -0.2) is 19.1 Å². The van der Waals surface area contributed by atoms with E-state index in [1.165, 1.54) is 13.3 Å². The fourth-order valence-corrected chi connectivity index (χ4v) is 1.58. The van der Waals surface area contributed by atoms with Crippen molar-refractivity contribution >= 4 is 17.3 Å². The summed E-state index contributed by atoms with van der Waals surface area (Å²) in [7, 11) is 1.30. The van der Waals surface area contributed by atoms with Gasteiger partial charge in [-0.1, -0.05) is 0 Å². The Balaban J connectivity index is 3.17. The van der Waals surface area contributed by atoms with Gasteiger partial charge in [0.25, 0.3) is 0 Å². The molecule has 0 spiro atoms. The standard InChI is InChI=1S/C15H16N4O2/c1-10(2)19-13-5-4-12(15(20)21-3)6-14(13)18-9-11(7-16)8-17/h4-6,9-10,18-19H,1-3H3. The van der Waals surface area contributed by atoms with Crippen molar-refractivity contribution in [2.24, 2.45) is 0 Å². The van der Waals surface area contributed by atoms with Gasteiger partial charge >= 0.3 is 5.97 Å². The predicted octanol–water partition coefficient (Wildman–Crippen LogP) is 2.64. The molecule has 0 fully saturated rings. The van der Waals surface area contributed by atoms with E-state index < -0.39 is 5.97 Å². The average molecular weight is 284 g/mol. The van der Waals surface area contributed by atoms with Gasteiger partial charge in [0.15, 0.2) is 0 Å². The Bertz CT molecular complexity index is 620. The van der Waals surface area contributed by atoms with Crippen molar-refractivity contribution in [2.45, 2.75) is 19.9 Å². The number of hydrogen-bond acceptors (Lipinski definition) is 6. The van der Waals surface area contributed by atoms with Crippen molar-refractivity contribution in [3.63, 3.8) is 0 Å². The Kier molecular flexibility index (Phi) is 5.79. The third kappa shape index (κ3) is 4.55. The minimum Gasteiger partial charge on any atom is -0.465 e. The summed E-state index contributed by atoms with van der Waals surface area (Å²) in [5, 5.41) is 23.5. The van der Waals surface area contributed by atoms with Crippen molar-refractivity contribution in [1.29, 1.82) is 10.5 Å². The molecular formula is C15H16N4O2. The fraction of sp³-hybridized carbons (Fsp3) is 0.267. The first-order valence-electron chi connectivity index (χ1n) is 6.27. The lowest BCUT2D eigenvalue weighted by Gasteiger charge is -2.15. The third-order valence-corrected chi connectivity index (χ3v) is 2.50. The molecule has 0 bridgehead atoms. The van der Waals surface area contributed by atoms with Gasteiger partial charge in [-0.05, 0) is 32.0 Å². The van der Waals surface area contributed by atoms with E-state index in [1.54, 1.807) is 30.3 Å². The van der Waals surface area contributed by atoms with E-state index in [1.807, 2.05) is 13.8 Å². The maximum absolute atomic E-state index is 11.6. The Labute approximate surface area is 123 Å². The zero-order valence-electron chi connectivity index (χ0n) is 12.1. The maximum atomic E-state index is 11.6. The normalized spacial score (nSPS) is 9.24. The second kappa shape index (κ2) is 7.56. The number of methoxy groups -OCH3 is 1. The third-order valence-electron chi connectivity index (χ3n) is 2.50. The van der Waals surface area contributed by atoms with Gasteiger partial charge < -0.3 is 15.4 Å². The molecule has 108 valence electrons. The second-order valence-electron chi connectivity index (χ2n) is 4.48. The van der Waals surface area contributed by atoms with Gasteiger partial charge in [0, 0.05) is 12.2 Å². The van der Waals surface area contributed by atoms with E-state index in [2.05, 4.69) is 15.4 Å². The summed E-state index contributed by atoms with van der Waals surface area (Å²) in [6.07, 6.45) is 1.29. The lowest BCUT2D eigenvalue weighted by atomic mass is 10.1. The van der Waals surface area contributed by atoms with E-state index in [4.69, 9.17) is 10.5 Å². The Morgan fingerprint density at radius 3 is 2.48 bits per heavy atom. The highest BCUT2D eigenvalue weighted by Gasteiger charge is 2.10. The summed E-state index contributed by atoms with van der Waals surface area (Å²) in [5.74, 6) is -0.459. The van der Waals surface area contributed by atoms with E-state index in [0.29, 0.717) is 11.3 Å². The van der Waals surface area contributed by atoms with E-state index in [0.717, 1.165) is 5.69 Å². The molecule has 1 aromatic carbocycles. The predicted molar refractivity (Wildman–Crippen MR) is 79.5 cm³/mol. The Hall–Kier alpha value is -2.99. The zero-order chi connectivity index (χ0) is 15.8. The number of rotatable bonds is 5. The van der Waals surface area contributed by atoms with Crippen LogP contribution in [0.4, 0.5) is 11.4 Å². The minimum absolute atomic E-state index is 0.0611. The molecule has 21 heavy (non-hydrogen) atoms. The number of allylic oxidation sites excluding steroid dienone is 1. The van der Waals surface area contributed by atoms with Crippen LogP contribution in [0, 0.1) is 22.7 Å². The van der Waals surface area contributed by atoms with Gasteiger partial charge in [-0.15, -0.1) is 0 Å². The first-order valence-corrected chi connectivity index (χ1v) is 6.27. The molecule has 0 aromatic heterocycles. The molecule has 0 unspecified atom stereocenters. The summed E-state index contributed by atoms with van der Waals surface area (Å²) in [6, 6.07) is 8.67. The molecule has 0 aliphatic carbocycles. The van der Waals surface area contributed by atoms with Crippen LogP contribution in [0.3, 0.4) is 0 Å². The van der Waals surface area contributed by atoms with Gasteiger partial charge in [0.2, 0.25) is 0 Å². The molecule has 0 amide bonds. The molecule has 0 saturated carbocycles. The van der Waals surface area contributed by atoms with Crippen LogP contribution in [0.25, 0.3) is 0 Å². The van der Waals surface area contributed by atoms with Crippen LogP contribution >= 0.6 is 0 Å². The molecule has 0 atom stereocenters. The van der Waals surface area contributed by atoms with Crippen LogP contribution in [0.15, 0.2) is 30.0 Å². The lowest BCUT2D eigenvalue weighted by molar-refractivity contribution is 0.0601. The zero-order valence-corrected chi connectivity index (χ0v) is 12.1. The highest BCUT2D eigenvalue weighted by atomic mass is 16.5. The van der Waals surface area contributed by atoms with Crippen LogP contribution < -0.4 is 10.6 Å². The molecule has 0 aliphatic heterocycles. The molecule has 0 radical (unpaired) electrons. The van der Waals surface area contributed by atoms with Gasteiger partial charge in [-0.2, -0.15) is 10.5 Å². The van der Waals surface area contributed by atoms with Crippen LogP contribution in [0.5, 0.6) is 0 Å². The molecular weight excluding hydrogens is 268 g/mol. The average Bonchev–Trinajstić information content (AvgIpc) is 2.48. The molecule has 0 saturated heterocycles. The lowest BCUT2D eigenvalue weighted by Crippen LogP contribution is -2.12. The molecule has 2 N–H and O–H groups in total. The maximum Gasteiger partial charge on any atom is 0.337 e. The highest BCUT2D eigenvalue weighted by molar-refractivity contribution is 5.92. The van der Waals surface area contributed by atoms with Crippen molar-refractivity contribution in [3.05, 3.63) is 35.5 Å². The summed E-state index contributed by atoms with van der Waals surface area (Å²) < 4.78 is 4.67. The number of carbonyl (C=O) groups is 1. The summed E-state index contributed by atoms with van der Waals surface area (Å²) in [6.45, 7) is 3.95. The summed E-state index contributed by atoms with van der Waals surface area (Å²) in [5.41, 5.74) is 1.64. The number of esters is 1. The number of nitrogens with zero attached hydrogens (tertiary/aromatic N) is 2. The largest absolute Gasteiger partial charge is 0.465 e. The minimum atomic E-state index is -0.459.